The Morgan fingerprint density at radius 3 is 2.96 bits per heavy atom. The largest absolute Gasteiger partial charge is 0.454 e. The highest BCUT2D eigenvalue weighted by Gasteiger charge is 2.13. The second kappa shape index (κ2) is 5.73. The first kappa shape index (κ1) is 13.8. The van der Waals surface area contributed by atoms with Gasteiger partial charge in [0.15, 0.2) is 5.76 Å². The molecule has 0 aliphatic carbocycles. The van der Waals surface area contributed by atoms with Crippen LogP contribution in [0, 0.1) is 0 Å². The Labute approximate surface area is 135 Å². The minimum atomic E-state index is -0.415. The molecule has 1 aromatic carbocycles. The number of aromatic amines is 1. The smallest absolute Gasteiger partial charge is 0.355 e. The summed E-state index contributed by atoms with van der Waals surface area (Å²) in [6, 6.07) is 15.1. The third kappa shape index (κ3) is 2.76. The molecule has 0 fully saturated rings. The average molecular weight is 324 g/mol. The normalized spacial score (nSPS) is 11.0. The molecule has 0 unspecified atom stereocenters. The highest BCUT2D eigenvalue weighted by Crippen LogP contribution is 2.25. The fourth-order valence-corrected chi connectivity index (χ4v) is 2.99. The molecule has 0 saturated carbocycles. The summed E-state index contributed by atoms with van der Waals surface area (Å²) in [6.07, 6.45) is 0. The van der Waals surface area contributed by atoms with Crippen LogP contribution in [0.25, 0.3) is 21.5 Å². The molecule has 0 bridgehead atoms. The number of carbonyl (C=O) groups excluding carboxylic acids is 1. The molecular weight excluding hydrogens is 312 g/mol. The topological polar surface area (TPSA) is 68.1 Å². The van der Waals surface area contributed by atoms with Crippen LogP contribution >= 0.6 is 11.3 Å². The molecule has 0 spiro atoms. The van der Waals surface area contributed by atoms with Gasteiger partial charge in [-0.1, -0.05) is 29.4 Å². The van der Waals surface area contributed by atoms with E-state index < -0.39 is 5.97 Å². The molecule has 1 N–H and O–H groups in total. The first-order valence-corrected chi connectivity index (χ1v) is 7.92. The molecule has 0 atom stereocenters. The summed E-state index contributed by atoms with van der Waals surface area (Å²) in [5.74, 6) is 0.263. The van der Waals surface area contributed by atoms with Gasteiger partial charge in [-0.15, -0.1) is 11.3 Å². The van der Waals surface area contributed by atoms with Crippen LogP contribution in [0.5, 0.6) is 0 Å². The Kier molecular flexibility index (Phi) is 3.44. The standard InChI is InChI=1S/C17H12N2O3S/c20-17(14-8-11-4-1-2-5-13(11)18-14)21-10-12-9-15(22-19-12)16-6-3-7-23-16/h1-9,18H,10H2. The molecular formula is C17H12N2O3S. The number of hydrogen-bond donors (Lipinski definition) is 1. The Morgan fingerprint density at radius 1 is 1.22 bits per heavy atom. The maximum absolute atomic E-state index is 12.1. The monoisotopic (exact) mass is 324 g/mol. The predicted octanol–water partition coefficient (Wildman–Crippen LogP) is 4.24. The number of nitrogens with zero attached hydrogens (tertiary/aromatic N) is 1. The number of hydrogen-bond acceptors (Lipinski definition) is 5. The zero-order chi connectivity index (χ0) is 15.6. The van der Waals surface area contributed by atoms with Gasteiger partial charge in [-0.2, -0.15) is 0 Å². The Balaban J connectivity index is 1.45. The van der Waals surface area contributed by atoms with Crippen molar-refractivity contribution in [3.63, 3.8) is 0 Å². The van der Waals surface area contributed by atoms with Gasteiger partial charge in [0.05, 0.1) is 4.88 Å². The van der Waals surface area contributed by atoms with E-state index in [1.165, 1.54) is 0 Å². The van der Waals surface area contributed by atoms with Crippen LogP contribution in [0.4, 0.5) is 0 Å². The lowest BCUT2D eigenvalue weighted by atomic mass is 10.2. The Hall–Kier alpha value is -2.86. The minimum Gasteiger partial charge on any atom is -0.454 e. The van der Waals surface area contributed by atoms with Gasteiger partial charge >= 0.3 is 5.97 Å². The molecule has 23 heavy (non-hydrogen) atoms. The van der Waals surface area contributed by atoms with E-state index >= 15 is 0 Å². The van der Waals surface area contributed by atoms with Gasteiger partial charge in [0.2, 0.25) is 0 Å². The quantitative estimate of drug-likeness (QED) is 0.570. The lowest BCUT2D eigenvalue weighted by molar-refractivity contribution is 0.0458. The van der Waals surface area contributed by atoms with Crippen LogP contribution in [0.15, 0.2) is 58.4 Å². The molecule has 0 radical (unpaired) electrons. The van der Waals surface area contributed by atoms with Crippen LogP contribution in [-0.4, -0.2) is 16.1 Å². The summed E-state index contributed by atoms with van der Waals surface area (Å²) in [5.41, 5.74) is 1.91. The maximum atomic E-state index is 12.1. The number of rotatable bonds is 4. The van der Waals surface area contributed by atoms with Crippen molar-refractivity contribution >= 4 is 28.2 Å². The van der Waals surface area contributed by atoms with Crippen LogP contribution < -0.4 is 0 Å². The van der Waals surface area contributed by atoms with E-state index in [0.717, 1.165) is 15.8 Å². The number of para-hydroxylation sites is 1. The van der Waals surface area contributed by atoms with Crippen LogP contribution in [0.2, 0.25) is 0 Å². The molecule has 114 valence electrons. The SMILES string of the molecule is O=C(OCc1cc(-c2cccs2)on1)c1cc2ccccc2[nH]1. The van der Waals surface area contributed by atoms with Crippen molar-refractivity contribution in [2.24, 2.45) is 0 Å². The highest BCUT2D eigenvalue weighted by molar-refractivity contribution is 7.13. The fraction of sp³-hybridized carbons (Fsp3) is 0.0588. The van der Waals surface area contributed by atoms with E-state index in [0.29, 0.717) is 17.1 Å². The van der Waals surface area contributed by atoms with Crippen molar-refractivity contribution in [1.29, 1.82) is 0 Å². The number of fused-ring (bicyclic) bond motifs is 1. The molecule has 0 amide bonds. The molecule has 4 aromatic rings. The van der Waals surface area contributed by atoms with E-state index in [4.69, 9.17) is 9.26 Å². The Morgan fingerprint density at radius 2 is 2.13 bits per heavy atom. The summed E-state index contributed by atoms with van der Waals surface area (Å²) in [7, 11) is 0. The van der Waals surface area contributed by atoms with E-state index in [2.05, 4.69) is 10.1 Å². The van der Waals surface area contributed by atoms with Gasteiger partial charge in [0.1, 0.15) is 18.0 Å². The van der Waals surface area contributed by atoms with Gasteiger partial charge in [-0.3, -0.25) is 0 Å². The van der Waals surface area contributed by atoms with Crippen LogP contribution in [0.3, 0.4) is 0 Å². The molecule has 0 saturated heterocycles. The molecule has 0 aliphatic rings. The second-order valence-electron chi connectivity index (χ2n) is 5.01. The number of H-pyrrole nitrogens is 1. The van der Waals surface area contributed by atoms with E-state index in [1.807, 2.05) is 41.8 Å². The average Bonchev–Trinajstić information content (AvgIpc) is 3.31. The van der Waals surface area contributed by atoms with Crippen molar-refractivity contribution in [3.8, 4) is 10.6 Å². The van der Waals surface area contributed by atoms with Gasteiger partial charge < -0.3 is 14.2 Å². The third-order valence-corrected chi connectivity index (χ3v) is 4.31. The van der Waals surface area contributed by atoms with E-state index in [9.17, 15) is 4.79 Å². The number of nitrogens with one attached hydrogen (secondary N) is 1. The van der Waals surface area contributed by atoms with Crippen molar-refractivity contribution in [1.82, 2.24) is 10.1 Å². The van der Waals surface area contributed by atoms with Crippen LogP contribution in [0.1, 0.15) is 16.2 Å². The molecule has 5 nitrogen and oxygen atoms in total. The number of esters is 1. The first-order chi connectivity index (χ1) is 11.3. The molecule has 6 heteroatoms. The zero-order valence-electron chi connectivity index (χ0n) is 12.0. The fourth-order valence-electron chi connectivity index (χ4n) is 2.32. The minimum absolute atomic E-state index is 0.0725. The number of thiophene rings is 1. The summed E-state index contributed by atoms with van der Waals surface area (Å²) < 4.78 is 10.5. The van der Waals surface area contributed by atoms with Gasteiger partial charge in [-0.25, -0.2) is 4.79 Å². The lowest BCUT2D eigenvalue weighted by Crippen LogP contribution is -2.05. The van der Waals surface area contributed by atoms with Gasteiger partial charge in [0, 0.05) is 17.0 Å². The van der Waals surface area contributed by atoms with Crippen molar-refractivity contribution < 1.29 is 14.1 Å². The second-order valence-corrected chi connectivity index (χ2v) is 5.95. The number of carbonyl (C=O) groups is 1. The highest BCUT2D eigenvalue weighted by atomic mass is 32.1. The molecule has 0 aliphatic heterocycles. The zero-order valence-corrected chi connectivity index (χ0v) is 12.8. The van der Waals surface area contributed by atoms with Crippen molar-refractivity contribution in [3.05, 3.63) is 65.3 Å². The first-order valence-electron chi connectivity index (χ1n) is 7.04. The lowest BCUT2D eigenvalue weighted by Gasteiger charge is -1.99. The van der Waals surface area contributed by atoms with Crippen molar-refractivity contribution in [2.45, 2.75) is 6.61 Å². The van der Waals surface area contributed by atoms with Gasteiger partial charge in [0.25, 0.3) is 0 Å². The Bertz CT molecular complexity index is 920. The van der Waals surface area contributed by atoms with Gasteiger partial charge in [-0.05, 0) is 23.6 Å². The van der Waals surface area contributed by atoms with Crippen LogP contribution in [-0.2, 0) is 11.3 Å². The predicted molar refractivity (Wildman–Crippen MR) is 87.2 cm³/mol. The molecule has 3 heterocycles. The third-order valence-electron chi connectivity index (χ3n) is 3.42. The summed E-state index contributed by atoms with van der Waals surface area (Å²) in [6.45, 7) is 0.0725. The summed E-state index contributed by atoms with van der Waals surface area (Å²) in [5, 5.41) is 6.86. The molecule has 4 rings (SSSR count). The number of aromatic nitrogens is 2. The summed E-state index contributed by atoms with van der Waals surface area (Å²) >= 11 is 1.57. The maximum Gasteiger partial charge on any atom is 0.355 e. The van der Waals surface area contributed by atoms with E-state index in [-0.39, 0.29) is 6.61 Å². The van der Waals surface area contributed by atoms with Crippen molar-refractivity contribution in [2.75, 3.05) is 0 Å². The number of benzene rings is 1. The molecule has 3 aromatic heterocycles. The summed E-state index contributed by atoms with van der Waals surface area (Å²) in [4.78, 5) is 16.1. The number of ether oxygens (including phenoxy) is 1. The van der Waals surface area contributed by atoms with E-state index in [1.54, 1.807) is 23.5 Å².